The molecular formula is C20H19Cl3N2O4S. The number of carbonyl (C=O) groups excluding carboxylic acids is 1. The van der Waals surface area contributed by atoms with Gasteiger partial charge in [0.05, 0.1) is 20.8 Å². The molecule has 4 rings (SSSR count). The van der Waals surface area contributed by atoms with Gasteiger partial charge in [0.2, 0.25) is 10.0 Å². The molecule has 2 heterocycles. The van der Waals surface area contributed by atoms with Crippen molar-refractivity contribution in [3.8, 4) is 0 Å². The second-order valence-corrected chi connectivity index (χ2v) is 10.4. The first-order chi connectivity index (χ1) is 14.2. The molecule has 2 aliphatic rings. The molecular weight excluding hydrogens is 471 g/mol. The average Bonchev–Trinajstić information content (AvgIpc) is 2.72. The summed E-state index contributed by atoms with van der Waals surface area (Å²) >= 11 is 18.1. The molecule has 0 atom stereocenters. The topological polar surface area (TPSA) is 66.9 Å². The van der Waals surface area contributed by atoms with Crippen LogP contribution in [0.25, 0.3) is 0 Å². The molecule has 6 nitrogen and oxygen atoms in total. The summed E-state index contributed by atoms with van der Waals surface area (Å²) < 4.78 is 32.9. The van der Waals surface area contributed by atoms with E-state index in [2.05, 4.69) is 0 Å². The lowest BCUT2D eigenvalue weighted by Gasteiger charge is -2.40. The minimum atomic E-state index is -3.84. The third-order valence-corrected chi connectivity index (χ3v) is 8.86. The number of cyclic esters (lactones) is 1. The number of fused-ring (bicyclic) bond motifs is 1. The van der Waals surface area contributed by atoms with Crippen LogP contribution in [0.3, 0.4) is 0 Å². The highest BCUT2D eigenvalue weighted by molar-refractivity contribution is 7.89. The van der Waals surface area contributed by atoms with Gasteiger partial charge >= 0.3 is 6.09 Å². The van der Waals surface area contributed by atoms with Gasteiger partial charge in [-0.25, -0.2) is 13.2 Å². The molecule has 10 heteroatoms. The molecule has 0 aromatic heterocycles. The molecule has 0 saturated carbocycles. The number of benzene rings is 2. The van der Waals surface area contributed by atoms with Crippen molar-refractivity contribution in [3.63, 3.8) is 0 Å². The van der Waals surface area contributed by atoms with Crippen molar-refractivity contribution in [2.45, 2.75) is 37.3 Å². The highest BCUT2D eigenvalue weighted by Crippen LogP contribution is 2.38. The molecule has 0 spiro atoms. The highest BCUT2D eigenvalue weighted by atomic mass is 35.5. The smallest absolute Gasteiger partial charge is 0.414 e. The molecule has 1 saturated heterocycles. The Morgan fingerprint density at radius 1 is 1.03 bits per heavy atom. The van der Waals surface area contributed by atoms with Crippen LogP contribution >= 0.6 is 34.8 Å². The third-order valence-electron chi connectivity index (χ3n) is 5.52. The zero-order chi connectivity index (χ0) is 21.6. The molecule has 2 aromatic rings. The minimum Gasteiger partial charge on any atom is -0.444 e. The molecule has 0 aliphatic carbocycles. The number of anilines is 1. The molecule has 0 N–H and O–H groups in total. The zero-order valence-electron chi connectivity index (χ0n) is 16.1. The average molecular weight is 490 g/mol. The van der Waals surface area contributed by atoms with Gasteiger partial charge in [0.25, 0.3) is 0 Å². The number of carbonyl (C=O) groups is 1. The van der Waals surface area contributed by atoms with E-state index in [0.29, 0.717) is 12.8 Å². The Morgan fingerprint density at radius 3 is 2.43 bits per heavy atom. The maximum absolute atomic E-state index is 13.1. The third kappa shape index (κ3) is 3.67. The second kappa shape index (κ2) is 8.20. The fourth-order valence-electron chi connectivity index (χ4n) is 4.00. The van der Waals surface area contributed by atoms with Crippen molar-refractivity contribution >= 4 is 56.6 Å². The monoisotopic (exact) mass is 488 g/mol. The molecule has 1 amide bonds. The molecule has 30 heavy (non-hydrogen) atoms. The molecule has 2 aromatic carbocycles. The Kier molecular flexibility index (Phi) is 5.94. The number of hydrogen-bond acceptors (Lipinski definition) is 4. The van der Waals surface area contributed by atoms with Crippen molar-refractivity contribution in [3.05, 3.63) is 56.5 Å². The number of amides is 1. The fraction of sp³-hybridized carbons (Fsp3) is 0.350. The predicted molar refractivity (Wildman–Crippen MR) is 117 cm³/mol. The number of ether oxygens (including phenoxy) is 1. The number of hydrogen-bond donors (Lipinski definition) is 0. The summed E-state index contributed by atoms with van der Waals surface area (Å²) in [6.07, 6.45) is 0.549. The van der Waals surface area contributed by atoms with Gasteiger partial charge in [-0.15, -0.1) is 0 Å². The van der Waals surface area contributed by atoms with Gasteiger partial charge in [0.1, 0.15) is 11.5 Å². The molecule has 0 unspecified atom stereocenters. The van der Waals surface area contributed by atoms with Gasteiger partial charge in [-0.3, -0.25) is 4.90 Å². The van der Waals surface area contributed by atoms with Gasteiger partial charge in [-0.05, 0) is 37.5 Å². The Morgan fingerprint density at radius 2 is 1.73 bits per heavy atom. The van der Waals surface area contributed by atoms with E-state index >= 15 is 0 Å². The maximum Gasteiger partial charge on any atom is 0.414 e. The number of rotatable bonds is 3. The maximum atomic E-state index is 13.1. The van der Waals surface area contributed by atoms with Gasteiger partial charge in [-0.2, -0.15) is 4.31 Å². The van der Waals surface area contributed by atoms with Crippen molar-refractivity contribution < 1.29 is 17.9 Å². The summed E-state index contributed by atoms with van der Waals surface area (Å²) in [4.78, 5) is 14.1. The van der Waals surface area contributed by atoms with Gasteiger partial charge in [-0.1, -0.05) is 53.0 Å². The lowest BCUT2D eigenvalue weighted by Crippen LogP contribution is -2.50. The van der Waals surface area contributed by atoms with E-state index < -0.39 is 16.1 Å². The summed E-state index contributed by atoms with van der Waals surface area (Å²) in [6.45, 7) is 2.69. The van der Waals surface area contributed by atoms with Crippen LogP contribution in [0.1, 0.15) is 24.0 Å². The van der Waals surface area contributed by atoms with E-state index in [9.17, 15) is 13.2 Å². The number of nitrogens with zero attached hydrogens (tertiary/aromatic N) is 2. The van der Waals surface area contributed by atoms with Crippen molar-refractivity contribution in [2.75, 3.05) is 18.0 Å². The van der Waals surface area contributed by atoms with Crippen molar-refractivity contribution in [1.82, 2.24) is 4.31 Å². The lowest BCUT2D eigenvalue weighted by atomic mass is 10.00. The molecule has 0 bridgehead atoms. The summed E-state index contributed by atoms with van der Waals surface area (Å²) in [5.74, 6) is 0. The van der Waals surface area contributed by atoms with Crippen LogP contribution in [0, 0.1) is 6.92 Å². The predicted octanol–water partition coefficient (Wildman–Crippen LogP) is 5.27. The number of halogens is 3. The van der Waals surface area contributed by atoms with Crippen molar-refractivity contribution in [2.24, 2.45) is 0 Å². The summed E-state index contributed by atoms with van der Waals surface area (Å²) in [7, 11) is -3.84. The molecule has 0 radical (unpaired) electrons. The van der Waals surface area contributed by atoms with Crippen LogP contribution in [0.4, 0.5) is 10.5 Å². The molecule has 2 aliphatic heterocycles. The summed E-state index contributed by atoms with van der Waals surface area (Å²) in [6, 6.07) is 8.44. The normalized spacial score (nSPS) is 18.3. The Bertz CT molecular complexity index is 1120. The number of piperidine rings is 1. The van der Waals surface area contributed by atoms with E-state index in [1.165, 1.54) is 16.4 Å². The fourth-order valence-corrected chi connectivity index (χ4v) is 6.42. The Labute approximate surface area is 190 Å². The van der Waals surface area contributed by atoms with Crippen molar-refractivity contribution in [1.29, 1.82) is 0 Å². The van der Waals surface area contributed by atoms with Crippen LogP contribution < -0.4 is 4.90 Å². The Hall–Kier alpha value is -1.51. The van der Waals surface area contributed by atoms with Gasteiger partial charge in [0, 0.05) is 24.7 Å². The zero-order valence-corrected chi connectivity index (χ0v) is 19.2. The SMILES string of the molecule is Cc1cccc2c1N(C1CCN(S(=O)(=O)c3ccc(Cl)c(Cl)c3Cl)CC1)C(=O)OC2. The van der Waals surface area contributed by atoms with Gasteiger partial charge in [0.15, 0.2) is 0 Å². The van der Waals surface area contributed by atoms with E-state index in [1.54, 1.807) is 4.90 Å². The number of aryl methyl sites for hydroxylation is 1. The quantitative estimate of drug-likeness (QED) is 0.551. The first-order valence-electron chi connectivity index (χ1n) is 9.40. The highest BCUT2D eigenvalue weighted by Gasteiger charge is 2.38. The minimum absolute atomic E-state index is 0.0115. The van der Waals surface area contributed by atoms with Crippen LogP contribution in [0.2, 0.25) is 15.1 Å². The first-order valence-corrected chi connectivity index (χ1v) is 12.0. The van der Waals surface area contributed by atoms with Crippen LogP contribution in [0.15, 0.2) is 35.2 Å². The Balaban J connectivity index is 1.57. The largest absolute Gasteiger partial charge is 0.444 e. The second-order valence-electron chi connectivity index (χ2n) is 7.32. The number of sulfonamides is 1. The van der Waals surface area contributed by atoms with Crippen LogP contribution in [0.5, 0.6) is 0 Å². The molecule has 160 valence electrons. The van der Waals surface area contributed by atoms with Gasteiger partial charge < -0.3 is 4.74 Å². The van der Waals surface area contributed by atoms with E-state index in [1.807, 2.05) is 25.1 Å². The summed E-state index contributed by atoms with van der Waals surface area (Å²) in [5, 5.41) is 0.116. The summed E-state index contributed by atoms with van der Waals surface area (Å²) in [5.41, 5.74) is 2.80. The standard InChI is InChI=1S/C20H19Cl3N2O4S/c1-12-3-2-4-13-11-29-20(26)25(19(12)13)14-7-9-24(10-8-14)30(27,28)16-6-5-15(21)17(22)18(16)23/h2-6,14H,7-11H2,1H3. The number of para-hydroxylation sites is 1. The first kappa shape index (κ1) is 21.7. The lowest BCUT2D eigenvalue weighted by molar-refractivity contribution is 0.135. The van der Waals surface area contributed by atoms with Crippen LogP contribution in [-0.4, -0.2) is 37.9 Å². The van der Waals surface area contributed by atoms with E-state index in [0.717, 1.165) is 16.8 Å². The molecule has 1 fully saturated rings. The van der Waals surface area contributed by atoms with E-state index in [-0.39, 0.29) is 45.7 Å². The van der Waals surface area contributed by atoms with E-state index in [4.69, 9.17) is 39.5 Å². The van der Waals surface area contributed by atoms with Crippen LogP contribution in [-0.2, 0) is 21.4 Å².